The summed E-state index contributed by atoms with van der Waals surface area (Å²) < 4.78 is 12.3. The summed E-state index contributed by atoms with van der Waals surface area (Å²) in [5, 5.41) is 5.24. The quantitative estimate of drug-likeness (QED) is 0.640. The average molecular weight is 416 g/mol. The molecule has 1 saturated heterocycles. The van der Waals surface area contributed by atoms with E-state index in [1.165, 1.54) is 6.33 Å². The molecule has 1 aromatic carbocycles. The van der Waals surface area contributed by atoms with Crippen LogP contribution in [0.4, 0.5) is 5.82 Å². The van der Waals surface area contributed by atoms with Gasteiger partial charge in [-0.25, -0.2) is 14.6 Å². The molecule has 0 radical (unpaired) electrons. The number of likely N-dealkylation sites (tertiary alicyclic amines) is 1. The molecule has 1 fully saturated rings. The van der Waals surface area contributed by atoms with Gasteiger partial charge in [-0.1, -0.05) is 5.92 Å². The lowest BCUT2D eigenvalue weighted by Crippen LogP contribution is -2.27. The van der Waals surface area contributed by atoms with E-state index in [0.717, 1.165) is 0 Å². The molecule has 1 amide bonds. The highest BCUT2D eigenvalue weighted by atomic mass is 16.5. The summed E-state index contributed by atoms with van der Waals surface area (Å²) in [5.41, 5.74) is 7.84. The van der Waals surface area contributed by atoms with Crippen molar-refractivity contribution >= 4 is 22.8 Å². The molecular formula is C22H20N6O3. The van der Waals surface area contributed by atoms with Crippen molar-refractivity contribution in [1.82, 2.24) is 24.6 Å². The molecule has 0 bridgehead atoms. The van der Waals surface area contributed by atoms with Crippen LogP contribution in [0.5, 0.6) is 11.5 Å². The summed E-state index contributed by atoms with van der Waals surface area (Å²) in [6.07, 6.45) is 7.34. The van der Waals surface area contributed by atoms with Crippen LogP contribution in [0.3, 0.4) is 0 Å². The fourth-order valence-electron chi connectivity index (χ4n) is 3.57. The normalized spacial score (nSPS) is 15.3. The first-order valence-electron chi connectivity index (χ1n) is 9.53. The van der Waals surface area contributed by atoms with Gasteiger partial charge in [0.15, 0.2) is 5.65 Å². The molecule has 156 valence electrons. The number of terminal acetylenes is 1. The molecule has 9 nitrogen and oxygen atoms in total. The molecule has 1 aliphatic heterocycles. The van der Waals surface area contributed by atoms with Gasteiger partial charge >= 0.3 is 0 Å². The van der Waals surface area contributed by atoms with Gasteiger partial charge in [-0.2, -0.15) is 5.10 Å². The van der Waals surface area contributed by atoms with Gasteiger partial charge in [0.05, 0.1) is 25.6 Å². The maximum Gasteiger partial charge on any atom is 0.298 e. The van der Waals surface area contributed by atoms with Crippen LogP contribution in [-0.2, 0) is 4.79 Å². The number of aromatic nitrogens is 4. The van der Waals surface area contributed by atoms with E-state index in [4.69, 9.17) is 21.6 Å². The van der Waals surface area contributed by atoms with Crippen molar-refractivity contribution < 1.29 is 14.3 Å². The van der Waals surface area contributed by atoms with Crippen LogP contribution < -0.4 is 15.2 Å². The first-order chi connectivity index (χ1) is 15.0. The van der Waals surface area contributed by atoms with Gasteiger partial charge in [0.1, 0.15) is 29.3 Å². The highest BCUT2D eigenvalue weighted by Crippen LogP contribution is 2.28. The fourth-order valence-corrected chi connectivity index (χ4v) is 3.57. The Kier molecular flexibility index (Phi) is 5.33. The van der Waals surface area contributed by atoms with Gasteiger partial charge in [-0.3, -0.25) is 4.79 Å². The number of rotatable bonds is 3. The van der Waals surface area contributed by atoms with Gasteiger partial charge in [-0.15, -0.1) is 6.42 Å². The molecule has 0 spiro atoms. The second-order valence-corrected chi connectivity index (χ2v) is 6.94. The number of nitrogen functional groups attached to an aromatic ring is 1. The second-order valence-electron chi connectivity index (χ2n) is 6.94. The van der Waals surface area contributed by atoms with E-state index in [9.17, 15) is 4.79 Å². The molecule has 0 saturated carbocycles. The lowest BCUT2D eigenvalue weighted by Gasteiger charge is -2.13. The fraction of sp³-hybridized carbons (Fsp3) is 0.273. The number of carbonyl (C=O) groups excluding carboxylic acids is 1. The van der Waals surface area contributed by atoms with Crippen molar-refractivity contribution in [3.63, 3.8) is 0 Å². The predicted octanol–water partition coefficient (Wildman–Crippen LogP) is 1.23. The maximum atomic E-state index is 11.8. The van der Waals surface area contributed by atoms with Gasteiger partial charge in [0.25, 0.3) is 5.91 Å². The van der Waals surface area contributed by atoms with Crippen LogP contribution in [0.25, 0.3) is 11.0 Å². The van der Waals surface area contributed by atoms with Crippen LogP contribution in [0.2, 0.25) is 0 Å². The minimum Gasteiger partial charge on any atom is -0.497 e. The molecule has 2 aromatic heterocycles. The van der Waals surface area contributed by atoms with Crippen molar-refractivity contribution in [2.24, 2.45) is 0 Å². The number of amides is 1. The first-order valence-corrected chi connectivity index (χ1v) is 9.53. The van der Waals surface area contributed by atoms with Crippen LogP contribution in [-0.4, -0.2) is 57.9 Å². The number of hydrogen-bond acceptors (Lipinski definition) is 7. The number of benzene rings is 1. The second kappa shape index (κ2) is 8.25. The lowest BCUT2D eigenvalue weighted by atomic mass is 10.2. The third-order valence-corrected chi connectivity index (χ3v) is 5.11. The third-order valence-electron chi connectivity index (χ3n) is 5.11. The largest absolute Gasteiger partial charge is 0.497 e. The number of nitrogens with zero attached hydrogens (tertiary/aromatic N) is 5. The maximum absolute atomic E-state index is 11.8. The number of hydrogen-bond donors (Lipinski definition) is 1. The van der Waals surface area contributed by atoms with Gasteiger partial charge < -0.3 is 20.1 Å². The van der Waals surface area contributed by atoms with Crippen molar-refractivity contribution in [2.45, 2.75) is 12.5 Å². The number of methoxy groups -OCH3 is 2. The highest BCUT2D eigenvalue weighted by Gasteiger charge is 2.29. The van der Waals surface area contributed by atoms with Crippen LogP contribution in [0.1, 0.15) is 23.7 Å². The zero-order valence-corrected chi connectivity index (χ0v) is 17.1. The topological polar surface area (TPSA) is 108 Å². The van der Waals surface area contributed by atoms with E-state index in [2.05, 4.69) is 32.8 Å². The Morgan fingerprint density at radius 2 is 1.94 bits per heavy atom. The Morgan fingerprint density at radius 3 is 2.61 bits per heavy atom. The van der Waals surface area contributed by atoms with Crippen molar-refractivity contribution in [2.75, 3.05) is 33.0 Å². The summed E-state index contributed by atoms with van der Waals surface area (Å²) in [4.78, 5) is 21.9. The van der Waals surface area contributed by atoms with Gasteiger partial charge in [0, 0.05) is 24.7 Å². The number of anilines is 1. The molecular weight excluding hydrogens is 396 g/mol. The number of fused-ring (bicyclic) bond motifs is 1. The Hall–Kier alpha value is -4.24. The van der Waals surface area contributed by atoms with E-state index >= 15 is 0 Å². The molecule has 9 heteroatoms. The van der Waals surface area contributed by atoms with Gasteiger partial charge in [0.2, 0.25) is 0 Å². The molecule has 0 aliphatic carbocycles. The molecule has 4 rings (SSSR count). The Morgan fingerprint density at radius 1 is 1.19 bits per heavy atom. The Labute approximate surface area is 179 Å². The Bertz CT molecular complexity index is 1240. The van der Waals surface area contributed by atoms with Crippen LogP contribution in [0.15, 0.2) is 24.5 Å². The summed E-state index contributed by atoms with van der Waals surface area (Å²) >= 11 is 0. The van der Waals surface area contributed by atoms with Crippen molar-refractivity contribution in [1.29, 1.82) is 0 Å². The molecule has 2 N–H and O–H groups in total. The SMILES string of the molecule is C#CC(=O)N1CCC(n2nc(C#Cc3cc(OC)cc(OC)c3)c3c(N)ncnc32)C1. The van der Waals surface area contributed by atoms with Crippen molar-refractivity contribution in [3.8, 4) is 35.7 Å². The summed E-state index contributed by atoms with van der Waals surface area (Å²) in [6.45, 7) is 1.00. The van der Waals surface area contributed by atoms with E-state index in [1.807, 2.05) is 0 Å². The lowest BCUT2D eigenvalue weighted by molar-refractivity contribution is -0.124. The van der Waals surface area contributed by atoms with Crippen LogP contribution in [0, 0.1) is 24.2 Å². The first kappa shape index (κ1) is 20.0. The molecule has 3 heterocycles. The highest BCUT2D eigenvalue weighted by molar-refractivity contribution is 5.93. The Balaban J connectivity index is 1.75. The van der Waals surface area contributed by atoms with E-state index < -0.39 is 0 Å². The third kappa shape index (κ3) is 3.81. The predicted molar refractivity (Wildman–Crippen MR) is 114 cm³/mol. The molecule has 1 aliphatic rings. The van der Waals surface area contributed by atoms with Gasteiger partial charge in [-0.05, 0) is 30.4 Å². The summed E-state index contributed by atoms with van der Waals surface area (Å²) in [6, 6.07) is 5.29. The number of carbonyl (C=O) groups is 1. The van der Waals surface area contributed by atoms with E-state index in [-0.39, 0.29) is 11.9 Å². The van der Waals surface area contributed by atoms with E-state index in [0.29, 0.717) is 59.1 Å². The van der Waals surface area contributed by atoms with E-state index in [1.54, 1.807) is 42.0 Å². The summed E-state index contributed by atoms with van der Waals surface area (Å²) in [5.74, 6) is 9.53. The monoisotopic (exact) mass is 416 g/mol. The molecule has 1 unspecified atom stereocenters. The minimum absolute atomic E-state index is 0.0819. The zero-order chi connectivity index (χ0) is 22.0. The minimum atomic E-state index is -0.333. The molecule has 31 heavy (non-hydrogen) atoms. The number of nitrogens with two attached hydrogens (primary N) is 1. The smallest absolute Gasteiger partial charge is 0.298 e. The molecule has 1 atom stereocenters. The number of ether oxygens (including phenoxy) is 2. The van der Waals surface area contributed by atoms with Crippen LogP contribution >= 0.6 is 0 Å². The summed E-state index contributed by atoms with van der Waals surface area (Å²) in [7, 11) is 3.16. The van der Waals surface area contributed by atoms with Crippen molar-refractivity contribution in [3.05, 3.63) is 35.8 Å². The molecule has 3 aromatic rings. The standard InChI is InChI=1S/C22H20N6O3/c1-4-19(29)27-8-7-15(12-27)28-22-20(21(23)24-13-25-22)18(26-28)6-5-14-9-16(30-2)11-17(10-14)31-3/h1,9-11,13,15H,7-8,12H2,2-3H3,(H2,23,24,25). The zero-order valence-electron chi connectivity index (χ0n) is 17.1. The average Bonchev–Trinajstić information content (AvgIpc) is 3.42.